The zero-order valence-electron chi connectivity index (χ0n) is 11.9. The van der Waals surface area contributed by atoms with E-state index in [1.165, 1.54) is 12.8 Å². The Morgan fingerprint density at radius 1 is 1.21 bits per heavy atom. The van der Waals surface area contributed by atoms with Gasteiger partial charge in [-0.2, -0.15) is 12.7 Å². The molecule has 19 heavy (non-hydrogen) atoms. The fraction of sp³-hybridized carbons (Fsp3) is 1.00. The average Bonchev–Trinajstić information content (AvgIpc) is 2.92. The summed E-state index contributed by atoms with van der Waals surface area (Å²) in [4.78, 5) is 0. The van der Waals surface area contributed by atoms with Crippen molar-refractivity contribution in [1.82, 2.24) is 14.3 Å². The maximum atomic E-state index is 12.2. The van der Waals surface area contributed by atoms with Crippen molar-refractivity contribution in [2.45, 2.75) is 51.0 Å². The molecule has 0 aromatic carbocycles. The van der Waals surface area contributed by atoms with Crippen molar-refractivity contribution in [2.75, 3.05) is 26.7 Å². The Kier molecular flexibility index (Phi) is 5.62. The monoisotopic (exact) mass is 289 g/mol. The molecule has 2 rings (SSSR count). The van der Waals surface area contributed by atoms with Gasteiger partial charge in [-0.25, -0.2) is 4.72 Å². The Morgan fingerprint density at radius 3 is 2.58 bits per heavy atom. The molecule has 1 saturated carbocycles. The highest BCUT2D eigenvalue weighted by atomic mass is 32.2. The van der Waals surface area contributed by atoms with E-state index in [0.29, 0.717) is 12.5 Å². The highest BCUT2D eigenvalue weighted by Crippen LogP contribution is 2.23. The summed E-state index contributed by atoms with van der Waals surface area (Å²) >= 11 is 0. The fourth-order valence-corrected chi connectivity index (χ4v) is 4.28. The molecule has 1 atom stereocenters. The van der Waals surface area contributed by atoms with E-state index < -0.39 is 10.2 Å². The van der Waals surface area contributed by atoms with Crippen LogP contribution in [0.15, 0.2) is 0 Å². The van der Waals surface area contributed by atoms with Gasteiger partial charge in [0.1, 0.15) is 0 Å². The van der Waals surface area contributed by atoms with E-state index in [2.05, 4.69) is 10.0 Å². The normalized spacial score (nSPS) is 26.1. The van der Waals surface area contributed by atoms with Gasteiger partial charge in [-0.3, -0.25) is 0 Å². The van der Waals surface area contributed by atoms with E-state index >= 15 is 0 Å². The van der Waals surface area contributed by atoms with Gasteiger partial charge in [0.05, 0.1) is 0 Å². The summed E-state index contributed by atoms with van der Waals surface area (Å²) in [5.74, 6) is 0.627. The van der Waals surface area contributed by atoms with Gasteiger partial charge in [0.15, 0.2) is 0 Å². The van der Waals surface area contributed by atoms with Crippen LogP contribution in [0.25, 0.3) is 0 Å². The van der Waals surface area contributed by atoms with E-state index in [0.717, 1.165) is 45.2 Å². The molecule has 1 saturated heterocycles. The summed E-state index contributed by atoms with van der Waals surface area (Å²) in [6.45, 7) is 2.66. The quantitative estimate of drug-likeness (QED) is 0.769. The second-order valence-corrected chi connectivity index (χ2v) is 7.67. The Morgan fingerprint density at radius 2 is 1.95 bits per heavy atom. The Labute approximate surface area is 117 Å². The molecule has 5 nitrogen and oxygen atoms in total. The highest BCUT2D eigenvalue weighted by Gasteiger charge is 2.27. The maximum Gasteiger partial charge on any atom is 0.279 e. The Hall–Kier alpha value is -0.170. The van der Waals surface area contributed by atoms with Gasteiger partial charge in [-0.1, -0.05) is 19.3 Å². The van der Waals surface area contributed by atoms with Crippen LogP contribution in [0.2, 0.25) is 0 Å². The first-order valence-electron chi connectivity index (χ1n) is 7.53. The third kappa shape index (κ3) is 4.41. The van der Waals surface area contributed by atoms with Gasteiger partial charge in [-0.15, -0.1) is 0 Å². The standard InChI is InChI=1S/C13H27N3O2S/c1-16(13-5-3-2-4-6-13)19(17,18)15-10-8-12-7-9-14-11-12/h12-15H,2-11H2,1H3. The molecule has 1 aliphatic heterocycles. The summed E-state index contributed by atoms with van der Waals surface area (Å²) in [6, 6.07) is 0.194. The van der Waals surface area contributed by atoms with Gasteiger partial charge >= 0.3 is 0 Å². The molecule has 1 aliphatic carbocycles. The van der Waals surface area contributed by atoms with Crippen molar-refractivity contribution in [3.8, 4) is 0 Å². The van der Waals surface area contributed by atoms with Crippen molar-refractivity contribution in [1.29, 1.82) is 0 Å². The largest absolute Gasteiger partial charge is 0.316 e. The minimum Gasteiger partial charge on any atom is -0.316 e. The van der Waals surface area contributed by atoms with Crippen LogP contribution in [0.4, 0.5) is 0 Å². The molecular formula is C13H27N3O2S. The zero-order chi connectivity index (χ0) is 13.7. The van der Waals surface area contributed by atoms with Crippen molar-refractivity contribution in [2.24, 2.45) is 5.92 Å². The van der Waals surface area contributed by atoms with Crippen LogP contribution in [-0.4, -0.2) is 45.4 Å². The van der Waals surface area contributed by atoms with Crippen molar-refractivity contribution in [3.63, 3.8) is 0 Å². The summed E-state index contributed by atoms with van der Waals surface area (Å²) in [5, 5.41) is 3.31. The minimum atomic E-state index is -3.29. The molecule has 0 amide bonds. The van der Waals surface area contributed by atoms with Crippen molar-refractivity contribution < 1.29 is 8.42 Å². The smallest absolute Gasteiger partial charge is 0.279 e. The highest BCUT2D eigenvalue weighted by molar-refractivity contribution is 7.87. The second-order valence-electron chi connectivity index (χ2n) is 5.85. The number of rotatable bonds is 6. The van der Waals surface area contributed by atoms with E-state index in [1.54, 1.807) is 11.4 Å². The first kappa shape index (κ1) is 15.2. The lowest BCUT2D eigenvalue weighted by atomic mass is 9.96. The predicted molar refractivity (Wildman–Crippen MR) is 77.2 cm³/mol. The van der Waals surface area contributed by atoms with Crippen LogP contribution < -0.4 is 10.0 Å². The SMILES string of the molecule is CN(C1CCCCC1)S(=O)(=O)NCCC1CCNC1. The first-order valence-corrected chi connectivity index (χ1v) is 8.97. The molecular weight excluding hydrogens is 262 g/mol. The summed E-state index contributed by atoms with van der Waals surface area (Å²) in [6.07, 6.45) is 7.65. The summed E-state index contributed by atoms with van der Waals surface area (Å²) in [5.41, 5.74) is 0. The van der Waals surface area contributed by atoms with Crippen LogP contribution in [0.1, 0.15) is 44.9 Å². The minimum absolute atomic E-state index is 0.194. The van der Waals surface area contributed by atoms with Gasteiger partial charge in [0.2, 0.25) is 0 Å². The summed E-state index contributed by atoms with van der Waals surface area (Å²) in [7, 11) is -1.57. The third-order valence-electron chi connectivity index (χ3n) is 4.47. The molecule has 6 heteroatoms. The lowest BCUT2D eigenvalue weighted by molar-refractivity contribution is 0.282. The molecule has 0 bridgehead atoms. The maximum absolute atomic E-state index is 12.2. The molecule has 0 aromatic rings. The van der Waals surface area contributed by atoms with Crippen LogP contribution in [-0.2, 0) is 10.2 Å². The Bertz CT molecular complexity index is 360. The molecule has 1 heterocycles. The van der Waals surface area contributed by atoms with Crippen LogP contribution in [0.3, 0.4) is 0 Å². The lowest BCUT2D eigenvalue weighted by Gasteiger charge is -2.30. The van der Waals surface area contributed by atoms with Gasteiger partial charge in [0, 0.05) is 19.6 Å². The van der Waals surface area contributed by atoms with Crippen LogP contribution >= 0.6 is 0 Å². The van der Waals surface area contributed by atoms with Gasteiger partial charge < -0.3 is 5.32 Å². The van der Waals surface area contributed by atoms with E-state index in [1.807, 2.05) is 0 Å². The first-order chi connectivity index (χ1) is 9.09. The van der Waals surface area contributed by atoms with E-state index in [4.69, 9.17) is 0 Å². The van der Waals surface area contributed by atoms with Crippen LogP contribution in [0.5, 0.6) is 0 Å². The van der Waals surface area contributed by atoms with Crippen molar-refractivity contribution in [3.05, 3.63) is 0 Å². The zero-order valence-corrected chi connectivity index (χ0v) is 12.7. The number of nitrogens with one attached hydrogen (secondary N) is 2. The molecule has 2 fully saturated rings. The van der Waals surface area contributed by atoms with Crippen molar-refractivity contribution >= 4 is 10.2 Å². The van der Waals surface area contributed by atoms with Crippen LogP contribution in [0, 0.1) is 5.92 Å². The molecule has 0 aromatic heterocycles. The van der Waals surface area contributed by atoms with E-state index in [9.17, 15) is 8.42 Å². The second kappa shape index (κ2) is 7.02. The summed E-state index contributed by atoms with van der Waals surface area (Å²) < 4.78 is 28.7. The molecule has 0 radical (unpaired) electrons. The average molecular weight is 289 g/mol. The fourth-order valence-electron chi connectivity index (χ4n) is 3.10. The van der Waals surface area contributed by atoms with E-state index in [-0.39, 0.29) is 6.04 Å². The number of hydrogen-bond acceptors (Lipinski definition) is 3. The van der Waals surface area contributed by atoms with Gasteiger partial charge in [-0.05, 0) is 44.7 Å². The number of nitrogens with zero attached hydrogens (tertiary/aromatic N) is 1. The molecule has 0 spiro atoms. The predicted octanol–water partition coefficient (Wildman–Crippen LogP) is 1.08. The third-order valence-corrected chi connectivity index (χ3v) is 6.09. The molecule has 112 valence electrons. The number of hydrogen-bond donors (Lipinski definition) is 2. The lowest BCUT2D eigenvalue weighted by Crippen LogP contribution is -2.45. The molecule has 2 N–H and O–H groups in total. The molecule has 1 unspecified atom stereocenters. The molecule has 2 aliphatic rings. The van der Waals surface area contributed by atoms with Gasteiger partial charge in [0.25, 0.3) is 10.2 Å². The topological polar surface area (TPSA) is 61.4 Å². The Balaban J connectivity index is 1.76.